The Balaban J connectivity index is 2.28. The third kappa shape index (κ3) is 2.77. The van der Waals surface area contributed by atoms with Crippen molar-refractivity contribution in [3.05, 3.63) is 27.3 Å². The average Bonchev–Trinajstić information content (AvgIpc) is 2.49. The molecule has 0 atom stereocenters. The van der Waals surface area contributed by atoms with Crippen molar-refractivity contribution >= 4 is 38.5 Å². The molecule has 0 N–H and O–H groups in total. The van der Waals surface area contributed by atoms with E-state index in [0.29, 0.717) is 0 Å². The van der Waals surface area contributed by atoms with Crippen molar-refractivity contribution < 1.29 is 17.9 Å². The topological polar surface area (TPSA) is 63.7 Å². The number of carbonyl (C=O) groups is 1. The van der Waals surface area contributed by atoms with Gasteiger partial charge in [-0.2, -0.15) is 0 Å². The van der Waals surface area contributed by atoms with Crippen molar-refractivity contribution in [3.8, 4) is 0 Å². The molecule has 0 unspecified atom stereocenters. The van der Waals surface area contributed by atoms with Gasteiger partial charge in [-0.05, 0) is 54.6 Å². The summed E-state index contributed by atoms with van der Waals surface area (Å²) in [6, 6.07) is 4.80. The van der Waals surface area contributed by atoms with Crippen LogP contribution in [-0.2, 0) is 14.8 Å². The van der Waals surface area contributed by atoms with Gasteiger partial charge in [-0.25, -0.2) is 12.7 Å². The second-order valence-electron chi connectivity index (χ2n) is 4.44. The zero-order valence-corrected chi connectivity index (χ0v) is 13.6. The van der Waals surface area contributed by atoms with Crippen molar-refractivity contribution in [3.63, 3.8) is 0 Å². The number of nitrogens with zero attached hydrogens (tertiary/aromatic N) is 1. The largest absolute Gasteiger partial charge is 0.377 e. The molecule has 1 aromatic carbocycles. The molecule has 2 rings (SSSR count). The molecule has 0 saturated carbocycles. The van der Waals surface area contributed by atoms with E-state index in [2.05, 4.69) is 0 Å². The molecule has 1 amide bonds. The third-order valence-electron chi connectivity index (χ3n) is 2.71. The predicted octanol–water partition coefficient (Wildman–Crippen LogP) is 1.86. The summed E-state index contributed by atoms with van der Waals surface area (Å²) < 4.78 is 31.5. The van der Waals surface area contributed by atoms with E-state index in [1.54, 1.807) is 12.1 Å². The van der Waals surface area contributed by atoms with Gasteiger partial charge >= 0.3 is 0 Å². The summed E-state index contributed by atoms with van der Waals surface area (Å²) in [5, 5.41) is 0. The molecule has 0 spiro atoms. The number of amides is 1. The molecule has 1 aliphatic rings. The Labute approximate surface area is 126 Å². The van der Waals surface area contributed by atoms with Crippen LogP contribution in [0.5, 0.6) is 0 Å². The van der Waals surface area contributed by atoms with Gasteiger partial charge < -0.3 is 4.74 Å². The third-order valence-corrected chi connectivity index (χ3v) is 5.21. The number of fused-ring (bicyclic) bond motifs is 1. The van der Waals surface area contributed by atoms with Gasteiger partial charge in [0.25, 0.3) is 15.9 Å². The van der Waals surface area contributed by atoms with Crippen molar-refractivity contribution in [2.75, 3.05) is 13.2 Å². The summed E-state index contributed by atoms with van der Waals surface area (Å²) in [7, 11) is -3.72. The standard InChI is InChI=1S/C12H14INO4S/c1-8(2)18-6-5-14-12(15)10-4-3-9(13)7-11(10)19(14,16)17/h3-4,7-8H,5-6H2,1-2H3. The molecule has 19 heavy (non-hydrogen) atoms. The molecule has 0 fully saturated rings. The second-order valence-corrected chi connectivity index (χ2v) is 7.52. The van der Waals surface area contributed by atoms with Crippen LogP contribution < -0.4 is 0 Å². The SMILES string of the molecule is CC(C)OCCN1C(=O)c2ccc(I)cc2S1(=O)=O. The maximum absolute atomic E-state index is 12.3. The van der Waals surface area contributed by atoms with Gasteiger partial charge in [-0.15, -0.1) is 0 Å². The van der Waals surface area contributed by atoms with Crippen molar-refractivity contribution in [1.29, 1.82) is 0 Å². The lowest BCUT2D eigenvalue weighted by Crippen LogP contribution is -2.33. The van der Waals surface area contributed by atoms with E-state index in [9.17, 15) is 13.2 Å². The van der Waals surface area contributed by atoms with Gasteiger partial charge in [-0.1, -0.05) is 0 Å². The number of rotatable bonds is 4. The van der Waals surface area contributed by atoms with Gasteiger partial charge in [0, 0.05) is 3.57 Å². The first-order chi connectivity index (χ1) is 8.84. The minimum absolute atomic E-state index is 0.00346. The monoisotopic (exact) mass is 395 g/mol. The number of sulfonamides is 1. The molecule has 0 saturated heterocycles. The molecule has 1 aliphatic heterocycles. The average molecular weight is 395 g/mol. The Morgan fingerprint density at radius 2 is 2.05 bits per heavy atom. The number of halogens is 1. The Morgan fingerprint density at radius 1 is 1.37 bits per heavy atom. The number of ether oxygens (including phenoxy) is 1. The molecule has 1 aromatic rings. The Kier molecular flexibility index (Phi) is 4.17. The summed E-state index contributed by atoms with van der Waals surface area (Å²) in [5.41, 5.74) is 0.241. The van der Waals surface area contributed by atoms with E-state index in [4.69, 9.17) is 4.74 Å². The minimum atomic E-state index is -3.72. The number of hydrogen-bond acceptors (Lipinski definition) is 4. The molecule has 0 aromatic heterocycles. The van der Waals surface area contributed by atoms with Crippen molar-refractivity contribution in [1.82, 2.24) is 4.31 Å². The van der Waals surface area contributed by atoms with E-state index in [1.165, 1.54) is 6.07 Å². The van der Waals surface area contributed by atoms with Crippen LogP contribution in [0.4, 0.5) is 0 Å². The highest BCUT2D eigenvalue weighted by Crippen LogP contribution is 2.31. The van der Waals surface area contributed by atoms with E-state index >= 15 is 0 Å². The highest BCUT2D eigenvalue weighted by atomic mass is 127. The Morgan fingerprint density at radius 3 is 2.68 bits per heavy atom. The fourth-order valence-electron chi connectivity index (χ4n) is 1.84. The van der Waals surface area contributed by atoms with Gasteiger partial charge in [0.1, 0.15) is 4.90 Å². The predicted molar refractivity (Wildman–Crippen MR) is 78.5 cm³/mol. The number of benzene rings is 1. The Bertz CT molecular complexity index is 612. The first-order valence-corrected chi connectivity index (χ1v) is 8.34. The number of hydrogen-bond donors (Lipinski definition) is 0. The van der Waals surface area contributed by atoms with Crippen LogP contribution in [0.3, 0.4) is 0 Å². The van der Waals surface area contributed by atoms with E-state index in [0.717, 1.165) is 7.88 Å². The van der Waals surface area contributed by atoms with Crippen LogP contribution in [-0.4, -0.2) is 37.9 Å². The fraction of sp³-hybridized carbons (Fsp3) is 0.417. The second kappa shape index (κ2) is 5.37. The molecular weight excluding hydrogens is 381 g/mol. The first kappa shape index (κ1) is 14.7. The lowest BCUT2D eigenvalue weighted by Gasteiger charge is -2.16. The summed E-state index contributed by atoms with van der Waals surface area (Å²) in [4.78, 5) is 12.2. The Hall–Kier alpha value is -0.670. The maximum atomic E-state index is 12.3. The molecule has 104 valence electrons. The highest BCUT2D eigenvalue weighted by Gasteiger charge is 2.40. The van der Waals surface area contributed by atoms with E-state index in [1.807, 2.05) is 36.4 Å². The van der Waals surface area contributed by atoms with Crippen LogP contribution in [0.2, 0.25) is 0 Å². The quantitative estimate of drug-likeness (QED) is 0.731. The smallest absolute Gasteiger partial charge is 0.269 e. The maximum Gasteiger partial charge on any atom is 0.269 e. The lowest BCUT2D eigenvalue weighted by molar-refractivity contribution is 0.0627. The van der Waals surface area contributed by atoms with Crippen molar-refractivity contribution in [2.45, 2.75) is 24.8 Å². The molecule has 0 bridgehead atoms. The molecular formula is C12H14INO4S. The van der Waals surface area contributed by atoms with E-state index in [-0.39, 0.29) is 29.7 Å². The normalized spacial score (nSPS) is 17.1. The van der Waals surface area contributed by atoms with Crippen LogP contribution >= 0.6 is 22.6 Å². The molecule has 5 nitrogen and oxygen atoms in total. The summed E-state index contributed by atoms with van der Waals surface area (Å²) in [6.45, 7) is 3.97. The fourth-order valence-corrected chi connectivity index (χ4v) is 4.12. The molecule has 1 heterocycles. The zero-order valence-electron chi connectivity index (χ0n) is 10.6. The molecule has 0 radical (unpaired) electrons. The van der Waals surface area contributed by atoms with Crippen molar-refractivity contribution in [2.24, 2.45) is 0 Å². The zero-order chi connectivity index (χ0) is 14.2. The summed E-state index contributed by atoms with van der Waals surface area (Å²) >= 11 is 2.02. The molecule has 7 heteroatoms. The van der Waals surface area contributed by atoms with Gasteiger partial charge in [-0.3, -0.25) is 4.79 Å². The molecule has 0 aliphatic carbocycles. The van der Waals surface area contributed by atoms with Gasteiger partial charge in [0.05, 0.1) is 24.8 Å². The first-order valence-electron chi connectivity index (χ1n) is 5.82. The summed E-state index contributed by atoms with van der Waals surface area (Å²) in [5.74, 6) is -0.473. The van der Waals surface area contributed by atoms with Crippen LogP contribution in [0.15, 0.2) is 23.1 Å². The highest BCUT2D eigenvalue weighted by molar-refractivity contribution is 14.1. The lowest BCUT2D eigenvalue weighted by atomic mass is 10.2. The summed E-state index contributed by atoms with van der Waals surface area (Å²) in [6.07, 6.45) is 0.00346. The van der Waals surface area contributed by atoms with Crippen LogP contribution in [0.25, 0.3) is 0 Å². The van der Waals surface area contributed by atoms with E-state index < -0.39 is 15.9 Å². The van der Waals surface area contributed by atoms with Gasteiger partial charge in [0.2, 0.25) is 0 Å². The van der Waals surface area contributed by atoms with Gasteiger partial charge in [0.15, 0.2) is 0 Å². The number of carbonyl (C=O) groups excluding carboxylic acids is 1. The minimum Gasteiger partial charge on any atom is -0.377 e. The van der Waals surface area contributed by atoms with Crippen LogP contribution in [0.1, 0.15) is 24.2 Å². The van der Waals surface area contributed by atoms with Crippen LogP contribution in [0, 0.1) is 3.57 Å².